The van der Waals surface area contributed by atoms with Crippen LogP contribution < -0.4 is 16.6 Å². The molecule has 6 heteroatoms. The van der Waals surface area contributed by atoms with Gasteiger partial charge in [-0.05, 0) is 12.8 Å². The summed E-state index contributed by atoms with van der Waals surface area (Å²) in [5.41, 5.74) is 2.46. The van der Waals surface area contributed by atoms with E-state index in [0.29, 0.717) is 11.6 Å². The topological polar surface area (TPSA) is 96.1 Å². The van der Waals surface area contributed by atoms with E-state index in [0.717, 1.165) is 19.4 Å². The third kappa shape index (κ3) is 3.08. The lowest BCUT2D eigenvalue weighted by Crippen LogP contribution is -2.35. The van der Waals surface area contributed by atoms with Gasteiger partial charge < -0.3 is 15.8 Å². The first kappa shape index (κ1) is 13.0. The van der Waals surface area contributed by atoms with Gasteiger partial charge in [0.15, 0.2) is 5.82 Å². The number of nitrogens with one attached hydrogen (secondary N) is 2. The van der Waals surface area contributed by atoms with E-state index in [1.165, 1.54) is 19.3 Å². The van der Waals surface area contributed by atoms with E-state index in [9.17, 15) is 5.11 Å². The summed E-state index contributed by atoms with van der Waals surface area (Å²) in [5.74, 6) is 6.50. The van der Waals surface area contributed by atoms with Crippen molar-refractivity contribution in [3.63, 3.8) is 0 Å². The second-order valence-electron chi connectivity index (χ2n) is 5.01. The average Bonchev–Trinajstić information content (AvgIpc) is 2.46. The van der Waals surface area contributed by atoms with Crippen LogP contribution in [-0.4, -0.2) is 28.2 Å². The van der Waals surface area contributed by atoms with E-state index < -0.39 is 0 Å². The van der Waals surface area contributed by atoms with Crippen LogP contribution in [0.1, 0.15) is 32.1 Å². The molecule has 100 valence electrons. The van der Waals surface area contributed by atoms with Crippen molar-refractivity contribution in [2.24, 2.45) is 11.3 Å². The minimum atomic E-state index is -0.00786. The van der Waals surface area contributed by atoms with Gasteiger partial charge in [-0.2, -0.15) is 0 Å². The van der Waals surface area contributed by atoms with E-state index >= 15 is 0 Å². The van der Waals surface area contributed by atoms with Crippen LogP contribution >= 0.6 is 0 Å². The van der Waals surface area contributed by atoms with Gasteiger partial charge in [0.25, 0.3) is 0 Å². The number of nitrogens with zero attached hydrogens (tertiary/aromatic N) is 2. The highest BCUT2D eigenvalue weighted by molar-refractivity contribution is 5.40. The van der Waals surface area contributed by atoms with Gasteiger partial charge in [-0.3, -0.25) is 4.98 Å². The monoisotopic (exact) mass is 251 g/mol. The molecule has 1 heterocycles. The number of anilines is 2. The van der Waals surface area contributed by atoms with E-state index in [4.69, 9.17) is 5.84 Å². The maximum Gasteiger partial charge on any atom is 0.160 e. The molecule has 1 aliphatic carbocycles. The zero-order valence-electron chi connectivity index (χ0n) is 10.5. The highest BCUT2D eigenvalue weighted by Gasteiger charge is 2.31. The summed E-state index contributed by atoms with van der Waals surface area (Å²) >= 11 is 0. The van der Waals surface area contributed by atoms with Crippen molar-refractivity contribution in [3.8, 4) is 0 Å². The summed E-state index contributed by atoms with van der Waals surface area (Å²) in [5, 5.41) is 12.9. The molecule has 0 radical (unpaired) electrons. The third-order valence-corrected chi connectivity index (χ3v) is 3.68. The number of nitrogen functional groups attached to an aromatic ring is 1. The summed E-state index contributed by atoms with van der Waals surface area (Å²) < 4.78 is 0. The molecule has 1 aliphatic rings. The summed E-state index contributed by atoms with van der Waals surface area (Å²) in [4.78, 5) is 8.29. The molecule has 1 aromatic rings. The normalized spacial score (nSPS) is 18.3. The SMILES string of the molecule is NNc1cncc(NCC2(CO)CCCCC2)n1. The second kappa shape index (κ2) is 5.97. The van der Waals surface area contributed by atoms with Crippen molar-refractivity contribution in [2.75, 3.05) is 23.9 Å². The maximum atomic E-state index is 9.61. The Morgan fingerprint density at radius 1 is 1.22 bits per heavy atom. The predicted molar refractivity (Wildman–Crippen MR) is 70.9 cm³/mol. The van der Waals surface area contributed by atoms with Crippen LogP contribution in [0.3, 0.4) is 0 Å². The first-order valence-corrected chi connectivity index (χ1v) is 6.41. The molecule has 1 saturated carbocycles. The second-order valence-corrected chi connectivity index (χ2v) is 5.01. The molecule has 0 spiro atoms. The van der Waals surface area contributed by atoms with Crippen LogP contribution in [0, 0.1) is 5.41 Å². The first-order valence-electron chi connectivity index (χ1n) is 6.41. The maximum absolute atomic E-state index is 9.61. The summed E-state index contributed by atoms with van der Waals surface area (Å²) in [6.45, 7) is 0.953. The Labute approximate surface area is 107 Å². The lowest BCUT2D eigenvalue weighted by Gasteiger charge is -2.35. The fourth-order valence-corrected chi connectivity index (χ4v) is 2.49. The highest BCUT2D eigenvalue weighted by Crippen LogP contribution is 2.35. The van der Waals surface area contributed by atoms with Crippen LogP contribution in [-0.2, 0) is 0 Å². The molecular weight excluding hydrogens is 230 g/mol. The number of aromatic nitrogens is 2. The molecule has 1 fully saturated rings. The van der Waals surface area contributed by atoms with Gasteiger partial charge in [0.2, 0.25) is 0 Å². The zero-order chi connectivity index (χ0) is 12.8. The number of aliphatic hydroxyl groups is 1. The molecule has 2 rings (SSSR count). The molecule has 18 heavy (non-hydrogen) atoms. The number of nitrogens with two attached hydrogens (primary N) is 1. The average molecular weight is 251 g/mol. The quantitative estimate of drug-likeness (QED) is 0.462. The van der Waals surface area contributed by atoms with Gasteiger partial charge in [-0.25, -0.2) is 10.8 Å². The van der Waals surface area contributed by atoms with E-state index in [1.54, 1.807) is 12.4 Å². The largest absolute Gasteiger partial charge is 0.396 e. The van der Waals surface area contributed by atoms with Gasteiger partial charge >= 0.3 is 0 Å². The molecular formula is C12H21N5O. The minimum absolute atomic E-state index is 0.00786. The van der Waals surface area contributed by atoms with E-state index in [2.05, 4.69) is 20.7 Å². The summed E-state index contributed by atoms with van der Waals surface area (Å²) in [7, 11) is 0. The van der Waals surface area contributed by atoms with Gasteiger partial charge in [0.05, 0.1) is 19.0 Å². The molecule has 0 amide bonds. The fraction of sp³-hybridized carbons (Fsp3) is 0.667. The first-order chi connectivity index (χ1) is 8.78. The summed E-state index contributed by atoms with van der Waals surface area (Å²) in [6.07, 6.45) is 9.02. The Morgan fingerprint density at radius 3 is 2.61 bits per heavy atom. The number of rotatable bonds is 5. The van der Waals surface area contributed by atoms with Crippen molar-refractivity contribution in [1.29, 1.82) is 0 Å². The van der Waals surface area contributed by atoms with Crippen LogP contribution in [0.4, 0.5) is 11.6 Å². The molecule has 5 N–H and O–H groups in total. The molecule has 0 aliphatic heterocycles. The molecule has 0 saturated heterocycles. The third-order valence-electron chi connectivity index (χ3n) is 3.68. The minimum Gasteiger partial charge on any atom is -0.396 e. The van der Waals surface area contributed by atoms with Crippen LogP contribution in [0.2, 0.25) is 0 Å². The lowest BCUT2D eigenvalue weighted by atomic mass is 9.74. The molecule has 0 aromatic carbocycles. The zero-order valence-corrected chi connectivity index (χ0v) is 10.5. The van der Waals surface area contributed by atoms with Gasteiger partial charge in [0, 0.05) is 12.0 Å². The van der Waals surface area contributed by atoms with Gasteiger partial charge in [-0.15, -0.1) is 0 Å². The molecule has 6 nitrogen and oxygen atoms in total. The number of hydrogen-bond donors (Lipinski definition) is 4. The molecule has 0 atom stereocenters. The molecule has 0 unspecified atom stereocenters. The Balaban J connectivity index is 1.96. The van der Waals surface area contributed by atoms with Crippen molar-refractivity contribution >= 4 is 11.6 Å². The Kier molecular flexibility index (Phi) is 4.33. The highest BCUT2D eigenvalue weighted by atomic mass is 16.3. The van der Waals surface area contributed by atoms with Crippen LogP contribution in [0.15, 0.2) is 12.4 Å². The standard InChI is InChI=1S/C12H21N5O/c13-17-11-7-14-6-10(16-11)15-8-12(9-18)4-2-1-3-5-12/h6-7,18H,1-5,8-9,13H2,(H2,15,16,17). The van der Waals surface area contributed by atoms with Gasteiger partial charge in [0.1, 0.15) is 5.82 Å². The Bertz CT molecular complexity index is 378. The van der Waals surface area contributed by atoms with E-state index in [-0.39, 0.29) is 12.0 Å². The molecule has 0 bridgehead atoms. The van der Waals surface area contributed by atoms with Crippen molar-refractivity contribution in [2.45, 2.75) is 32.1 Å². The Hall–Kier alpha value is -1.40. The Morgan fingerprint density at radius 2 is 1.94 bits per heavy atom. The molecule has 1 aromatic heterocycles. The van der Waals surface area contributed by atoms with Crippen LogP contribution in [0.5, 0.6) is 0 Å². The predicted octanol–water partition coefficient (Wildman–Crippen LogP) is 1.12. The van der Waals surface area contributed by atoms with E-state index in [1.807, 2.05) is 0 Å². The summed E-state index contributed by atoms with van der Waals surface area (Å²) in [6, 6.07) is 0. The van der Waals surface area contributed by atoms with Gasteiger partial charge in [-0.1, -0.05) is 19.3 Å². The van der Waals surface area contributed by atoms with Crippen molar-refractivity contribution in [1.82, 2.24) is 9.97 Å². The number of hydrogen-bond acceptors (Lipinski definition) is 6. The number of aliphatic hydroxyl groups excluding tert-OH is 1. The van der Waals surface area contributed by atoms with Crippen molar-refractivity contribution < 1.29 is 5.11 Å². The van der Waals surface area contributed by atoms with Crippen LogP contribution in [0.25, 0.3) is 0 Å². The number of hydrazine groups is 1. The lowest BCUT2D eigenvalue weighted by molar-refractivity contribution is 0.0943. The van der Waals surface area contributed by atoms with Crippen molar-refractivity contribution in [3.05, 3.63) is 12.4 Å². The fourth-order valence-electron chi connectivity index (χ4n) is 2.49. The smallest absolute Gasteiger partial charge is 0.160 e.